The molecule has 142 valence electrons. The lowest BCUT2D eigenvalue weighted by molar-refractivity contribution is -0.143. The van der Waals surface area contributed by atoms with Gasteiger partial charge in [0.2, 0.25) is 18.2 Å². The Hall–Kier alpha value is -2.29. The average molecular weight is 393 g/mol. The maximum Gasteiger partial charge on any atom is 0.326 e. The van der Waals surface area contributed by atoms with Gasteiger partial charge in [-0.3, -0.25) is 9.59 Å². The van der Waals surface area contributed by atoms with Gasteiger partial charge in [0.15, 0.2) is 0 Å². The predicted octanol–water partition coefficient (Wildman–Crippen LogP) is 2.22. The fraction of sp³-hybridized carbons (Fsp3) is 0.438. The van der Waals surface area contributed by atoms with E-state index < -0.39 is 54.4 Å². The number of aliphatic carboxylic acids is 1. The van der Waals surface area contributed by atoms with Crippen molar-refractivity contribution in [1.29, 1.82) is 0 Å². The van der Waals surface area contributed by atoms with Crippen molar-refractivity contribution in [2.75, 3.05) is 7.05 Å². The van der Waals surface area contributed by atoms with Crippen LogP contribution < -0.4 is 5.32 Å². The lowest BCUT2D eigenvalue weighted by Gasteiger charge is -2.26. The van der Waals surface area contributed by atoms with Crippen molar-refractivity contribution in [3.8, 4) is 0 Å². The maximum absolute atomic E-state index is 13.7. The molecule has 1 heterocycles. The Labute approximate surface area is 151 Å². The molecule has 2 rings (SSSR count). The molecule has 2 amide bonds. The minimum atomic E-state index is -2.93. The summed E-state index contributed by atoms with van der Waals surface area (Å²) in [5.41, 5.74) is 0.293. The summed E-state index contributed by atoms with van der Waals surface area (Å²) in [7, 11) is 1.42. The van der Waals surface area contributed by atoms with Gasteiger partial charge in [0.1, 0.15) is 11.9 Å². The largest absolute Gasteiger partial charge is 0.480 e. The van der Waals surface area contributed by atoms with Gasteiger partial charge < -0.3 is 15.3 Å². The SMILES string of the molecule is CN1C(=O)CC(C(=O)NC(CC(F)F)C(=O)O)C1c1ccc(Cl)c(F)c1. The smallest absolute Gasteiger partial charge is 0.326 e. The normalized spacial score (nSPS) is 21.2. The Morgan fingerprint density at radius 3 is 2.62 bits per heavy atom. The molecule has 1 saturated heterocycles. The van der Waals surface area contributed by atoms with Crippen molar-refractivity contribution < 1.29 is 32.7 Å². The van der Waals surface area contributed by atoms with Crippen LogP contribution in [0.2, 0.25) is 5.02 Å². The summed E-state index contributed by atoms with van der Waals surface area (Å²) in [6, 6.07) is 1.14. The number of amides is 2. The zero-order valence-electron chi connectivity index (χ0n) is 13.6. The zero-order chi connectivity index (χ0) is 19.6. The number of hydrogen-bond donors (Lipinski definition) is 2. The predicted molar refractivity (Wildman–Crippen MR) is 85.2 cm³/mol. The Bertz CT molecular complexity index is 731. The van der Waals surface area contributed by atoms with Crippen LogP contribution in [-0.4, -0.2) is 47.3 Å². The molecule has 3 unspecified atom stereocenters. The molecule has 0 saturated carbocycles. The first-order chi connectivity index (χ1) is 12.1. The molecule has 2 N–H and O–H groups in total. The second-order valence-corrected chi connectivity index (χ2v) is 6.37. The highest BCUT2D eigenvalue weighted by atomic mass is 35.5. The van der Waals surface area contributed by atoms with Crippen LogP contribution in [0.5, 0.6) is 0 Å². The summed E-state index contributed by atoms with van der Waals surface area (Å²) in [5.74, 6) is -4.67. The third-order valence-electron chi connectivity index (χ3n) is 4.24. The van der Waals surface area contributed by atoms with Crippen molar-refractivity contribution in [1.82, 2.24) is 10.2 Å². The molecular weight excluding hydrogens is 377 g/mol. The molecular formula is C16H16ClF3N2O4. The number of carbonyl (C=O) groups is 3. The van der Waals surface area contributed by atoms with Crippen molar-refractivity contribution in [2.24, 2.45) is 5.92 Å². The van der Waals surface area contributed by atoms with E-state index in [1.165, 1.54) is 24.1 Å². The highest BCUT2D eigenvalue weighted by Gasteiger charge is 2.43. The van der Waals surface area contributed by atoms with E-state index in [0.717, 1.165) is 6.07 Å². The molecule has 0 radical (unpaired) electrons. The van der Waals surface area contributed by atoms with Crippen LogP contribution in [0.3, 0.4) is 0 Å². The van der Waals surface area contributed by atoms with Crippen LogP contribution in [0, 0.1) is 11.7 Å². The molecule has 0 aliphatic carbocycles. The summed E-state index contributed by atoms with van der Waals surface area (Å²) in [4.78, 5) is 36.8. The summed E-state index contributed by atoms with van der Waals surface area (Å²) in [5, 5.41) is 10.9. The van der Waals surface area contributed by atoms with E-state index in [0.29, 0.717) is 5.56 Å². The number of carboxylic acids is 1. The van der Waals surface area contributed by atoms with Crippen molar-refractivity contribution in [3.63, 3.8) is 0 Å². The molecule has 6 nitrogen and oxygen atoms in total. The molecule has 1 aromatic rings. The molecule has 0 spiro atoms. The molecule has 0 bridgehead atoms. The van der Waals surface area contributed by atoms with Crippen LogP contribution in [0.1, 0.15) is 24.4 Å². The Morgan fingerprint density at radius 1 is 1.42 bits per heavy atom. The van der Waals surface area contributed by atoms with Crippen molar-refractivity contribution >= 4 is 29.4 Å². The fourth-order valence-electron chi connectivity index (χ4n) is 2.94. The number of carbonyl (C=O) groups excluding carboxylic acids is 2. The van der Waals surface area contributed by atoms with Gasteiger partial charge in [0.05, 0.1) is 17.0 Å². The van der Waals surface area contributed by atoms with E-state index >= 15 is 0 Å². The third kappa shape index (κ3) is 4.27. The molecule has 10 heteroatoms. The molecule has 1 aliphatic rings. The first-order valence-electron chi connectivity index (χ1n) is 7.63. The lowest BCUT2D eigenvalue weighted by Crippen LogP contribution is -2.45. The number of alkyl halides is 2. The number of likely N-dealkylation sites (tertiary alicyclic amines) is 1. The van der Waals surface area contributed by atoms with E-state index in [1.54, 1.807) is 0 Å². The summed E-state index contributed by atoms with van der Waals surface area (Å²) < 4.78 is 38.7. The summed E-state index contributed by atoms with van der Waals surface area (Å²) in [6.07, 6.45) is -4.23. The van der Waals surface area contributed by atoms with Crippen LogP contribution >= 0.6 is 11.6 Å². The number of rotatable bonds is 6. The fourth-order valence-corrected chi connectivity index (χ4v) is 3.05. The maximum atomic E-state index is 13.7. The van der Waals surface area contributed by atoms with E-state index in [9.17, 15) is 27.6 Å². The second-order valence-electron chi connectivity index (χ2n) is 5.96. The van der Waals surface area contributed by atoms with E-state index in [2.05, 4.69) is 0 Å². The van der Waals surface area contributed by atoms with Crippen LogP contribution in [0.25, 0.3) is 0 Å². The third-order valence-corrected chi connectivity index (χ3v) is 4.54. The van der Waals surface area contributed by atoms with Gasteiger partial charge in [-0.05, 0) is 17.7 Å². The average Bonchev–Trinajstić information content (AvgIpc) is 2.84. The molecule has 1 aliphatic heterocycles. The molecule has 1 aromatic carbocycles. The van der Waals surface area contributed by atoms with Gasteiger partial charge in [-0.25, -0.2) is 18.0 Å². The first kappa shape index (κ1) is 20.0. The minimum Gasteiger partial charge on any atom is -0.480 e. The van der Waals surface area contributed by atoms with E-state index in [-0.39, 0.29) is 11.4 Å². The number of halogens is 4. The van der Waals surface area contributed by atoms with E-state index in [4.69, 9.17) is 16.7 Å². The number of carboxylic acid groups (broad SMARTS) is 1. The first-order valence-corrected chi connectivity index (χ1v) is 8.01. The second kappa shape index (κ2) is 7.94. The number of nitrogens with zero attached hydrogens (tertiary/aromatic N) is 1. The van der Waals surface area contributed by atoms with E-state index in [1.807, 2.05) is 5.32 Å². The topological polar surface area (TPSA) is 86.7 Å². The lowest BCUT2D eigenvalue weighted by atomic mass is 9.92. The van der Waals surface area contributed by atoms with Crippen LogP contribution in [0.15, 0.2) is 18.2 Å². The van der Waals surface area contributed by atoms with Crippen molar-refractivity contribution in [2.45, 2.75) is 31.4 Å². The Kier molecular flexibility index (Phi) is 6.12. The number of hydrogen-bond acceptors (Lipinski definition) is 3. The Balaban J connectivity index is 2.27. The van der Waals surface area contributed by atoms with Gasteiger partial charge >= 0.3 is 5.97 Å². The number of nitrogens with one attached hydrogen (secondary N) is 1. The van der Waals surface area contributed by atoms with Gasteiger partial charge in [0.25, 0.3) is 0 Å². The monoisotopic (exact) mass is 392 g/mol. The van der Waals surface area contributed by atoms with Crippen LogP contribution in [-0.2, 0) is 14.4 Å². The standard InChI is InChI=1S/C16H16ClF3N2O4/c1-22-13(23)5-8(14(22)7-2-3-9(17)10(18)4-7)15(24)21-11(16(25)26)6-12(19)20/h2-4,8,11-12,14H,5-6H2,1H3,(H,21,24)(H,25,26). The summed E-state index contributed by atoms with van der Waals surface area (Å²) >= 11 is 5.63. The van der Waals surface area contributed by atoms with Gasteiger partial charge in [-0.15, -0.1) is 0 Å². The van der Waals surface area contributed by atoms with Crippen molar-refractivity contribution in [3.05, 3.63) is 34.6 Å². The quantitative estimate of drug-likeness (QED) is 0.777. The highest BCUT2D eigenvalue weighted by Crippen LogP contribution is 2.38. The number of benzene rings is 1. The molecule has 26 heavy (non-hydrogen) atoms. The van der Waals surface area contributed by atoms with Gasteiger partial charge in [-0.2, -0.15) is 0 Å². The molecule has 1 fully saturated rings. The highest BCUT2D eigenvalue weighted by molar-refractivity contribution is 6.30. The molecule has 3 atom stereocenters. The minimum absolute atomic E-state index is 0.135. The summed E-state index contributed by atoms with van der Waals surface area (Å²) in [6.45, 7) is 0. The Morgan fingerprint density at radius 2 is 2.08 bits per heavy atom. The van der Waals surface area contributed by atoms with Gasteiger partial charge in [0, 0.05) is 19.9 Å². The van der Waals surface area contributed by atoms with Gasteiger partial charge in [-0.1, -0.05) is 17.7 Å². The molecule has 0 aromatic heterocycles. The van der Waals surface area contributed by atoms with Crippen LogP contribution in [0.4, 0.5) is 13.2 Å². The zero-order valence-corrected chi connectivity index (χ0v) is 14.3.